The number of carbonyl (C=O) groups is 1. The van der Waals surface area contributed by atoms with E-state index in [-0.39, 0.29) is 10.9 Å². The molecule has 0 bridgehead atoms. The quantitative estimate of drug-likeness (QED) is 0.140. The van der Waals surface area contributed by atoms with Gasteiger partial charge < -0.3 is 19.3 Å². The predicted molar refractivity (Wildman–Crippen MR) is 162 cm³/mol. The molecule has 0 saturated carbocycles. The van der Waals surface area contributed by atoms with E-state index in [1.165, 1.54) is 12.1 Å². The molecule has 0 radical (unpaired) electrons. The summed E-state index contributed by atoms with van der Waals surface area (Å²) >= 11 is 11.5. The van der Waals surface area contributed by atoms with E-state index in [4.69, 9.17) is 32.7 Å². The first-order valence-electron chi connectivity index (χ1n) is 12.6. The van der Waals surface area contributed by atoms with E-state index in [2.05, 4.69) is 29.5 Å². The number of aryl methyl sites for hydroxylation is 1. The van der Waals surface area contributed by atoms with Gasteiger partial charge in [-0.15, -0.1) is 0 Å². The van der Waals surface area contributed by atoms with Crippen LogP contribution in [0.25, 0.3) is 40.0 Å². The second kappa shape index (κ2) is 11.4. The number of halogens is 1. The normalized spacial score (nSPS) is 11.4. The van der Waals surface area contributed by atoms with Crippen molar-refractivity contribution in [2.24, 2.45) is 0 Å². The summed E-state index contributed by atoms with van der Waals surface area (Å²) in [5.74, 6) is 1.33. The molecule has 5 aromatic rings. The van der Waals surface area contributed by atoms with Crippen LogP contribution < -0.4 is 10.6 Å². The monoisotopic (exact) mass is 571 g/mol. The number of benzene rings is 3. The molecular formula is C31H26ClN3O4S. The maximum atomic E-state index is 12.4. The summed E-state index contributed by atoms with van der Waals surface area (Å²) in [6.07, 6.45) is 2.86. The minimum Gasteiger partial charge on any atom is -0.507 e. The van der Waals surface area contributed by atoms with Crippen LogP contribution in [0.3, 0.4) is 0 Å². The number of aromatic nitrogens is 1. The highest BCUT2D eigenvalue weighted by molar-refractivity contribution is 7.80. The highest BCUT2D eigenvalue weighted by Gasteiger charge is 2.14. The van der Waals surface area contributed by atoms with Crippen molar-refractivity contribution in [3.05, 3.63) is 94.7 Å². The Morgan fingerprint density at radius 3 is 2.62 bits per heavy atom. The van der Waals surface area contributed by atoms with Gasteiger partial charge in [-0.2, -0.15) is 0 Å². The Balaban J connectivity index is 1.20. The van der Waals surface area contributed by atoms with Crippen LogP contribution in [0, 0.1) is 6.92 Å². The number of hydrogen-bond donors (Lipinski definition) is 3. The number of phenols is 1. The SMILES string of the molecule is Cc1ccc(-c2ccc(/C=C/C(=O)NC(=S)Nc3ccc(-c4nc5cc(C(C)C)ccc5o4)c(O)c3)o2)cc1Cl. The van der Waals surface area contributed by atoms with E-state index in [1.54, 1.807) is 24.3 Å². The van der Waals surface area contributed by atoms with Gasteiger partial charge in [-0.1, -0.05) is 43.6 Å². The lowest BCUT2D eigenvalue weighted by molar-refractivity contribution is -0.115. The van der Waals surface area contributed by atoms with E-state index in [9.17, 15) is 9.90 Å². The van der Waals surface area contributed by atoms with Gasteiger partial charge in [0.2, 0.25) is 11.8 Å². The molecule has 0 spiro atoms. The fourth-order valence-corrected chi connectivity index (χ4v) is 4.43. The molecule has 0 aliphatic heterocycles. The number of fused-ring (bicyclic) bond motifs is 1. The Labute approximate surface area is 241 Å². The number of oxazole rings is 1. The van der Waals surface area contributed by atoms with E-state index < -0.39 is 5.91 Å². The number of hydrogen-bond acceptors (Lipinski definition) is 6. The third-order valence-corrected chi connectivity index (χ3v) is 6.89. The Morgan fingerprint density at radius 2 is 1.88 bits per heavy atom. The zero-order valence-electron chi connectivity index (χ0n) is 22.0. The summed E-state index contributed by atoms with van der Waals surface area (Å²) in [7, 11) is 0. The Morgan fingerprint density at radius 1 is 1.05 bits per heavy atom. The fraction of sp³-hybridized carbons (Fsp3) is 0.129. The molecule has 3 N–H and O–H groups in total. The van der Waals surface area contributed by atoms with Gasteiger partial charge in [-0.25, -0.2) is 4.98 Å². The van der Waals surface area contributed by atoms with E-state index in [1.807, 2.05) is 49.4 Å². The molecule has 5 rings (SSSR count). The van der Waals surface area contributed by atoms with Crippen molar-refractivity contribution < 1.29 is 18.7 Å². The summed E-state index contributed by atoms with van der Waals surface area (Å²) < 4.78 is 11.6. The van der Waals surface area contributed by atoms with Gasteiger partial charge in [0.05, 0.1) is 5.56 Å². The van der Waals surface area contributed by atoms with Crippen molar-refractivity contribution in [1.82, 2.24) is 10.3 Å². The number of amides is 1. The molecule has 1 amide bonds. The number of anilines is 1. The molecule has 40 heavy (non-hydrogen) atoms. The molecule has 0 atom stereocenters. The number of aromatic hydroxyl groups is 1. The number of rotatable bonds is 6. The van der Waals surface area contributed by atoms with Gasteiger partial charge in [0, 0.05) is 28.4 Å². The number of furan rings is 1. The van der Waals surface area contributed by atoms with Crippen molar-refractivity contribution >= 4 is 57.7 Å². The summed E-state index contributed by atoms with van der Waals surface area (Å²) in [6, 6.07) is 20.0. The van der Waals surface area contributed by atoms with Crippen LogP contribution in [-0.4, -0.2) is 21.1 Å². The summed E-state index contributed by atoms with van der Waals surface area (Å²) in [5, 5.41) is 16.8. The predicted octanol–water partition coefficient (Wildman–Crippen LogP) is 8.07. The van der Waals surface area contributed by atoms with Gasteiger partial charge in [0.15, 0.2) is 10.7 Å². The summed E-state index contributed by atoms with van der Waals surface area (Å²) in [6.45, 7) is 6.15. The number of nitrogens with zero attached hydrogens (tertiary/aromatic N) is 1. The van der Waals surface area contributed by atoms with Gasteiger partial charge in [0.1, 0.15) is 22.8 Å². The average Bonchev–Trinajstić information content (AvgIpc) is 3.56. The minimum atomic E-state index is -0.443. The van der Waals surface area contributed by atoms with Crippen LogP contribution in [0.5, 0.6) is 5.75 Å². The molecule has 9 heteroatoms. The molecule has 3 aromatic carbocycles. The second-order valence-corrected chi connectivity index (χ2v) is 10.4. The largest absolute Gasteiger partial charge is 0.507 e. The first-order valence-corrected chi connectivity index (χ1v) is 13.3. The number of carbonyl (C=O) groups excluding carboxylic acids is 1. The van der Waals surface area contributed by atoms with Gasteiger partial charge in [-0.05, 0) is 84.7 Å². The van der Waals surface area contributed by atoms with Crippen LogP contribution in [-0.2, 0) is 4.79 Å². The zero-order valence-corrected chi connectivity index (χ0v) is 23.6. The highest BCUT2D eigenvalue weighted by atomic mass is 35.5. The van der Waals surface area contributed by atoms with Gasteiger partial charge in [-0.3, -0.25) is 10.1 Å². The van der Waals surface area contributed by atoms with Crippen molar-refractivity contribution in [2.45, 2.75) is 26.7 Å². The maximum Gasteiger partial charge on any atom is 0.250 e. The maximum absolute atomic E-state index is 12.4. The van der Waals surface area contributed by atoms with Crippen LogP contribution in [0.15, 0.2) is 81.6 Å². The Hall–Kier alpha value is -4.40. The van der Waals surface area contributed by atoms with Crippen molar-refractivity contribution in [3.8, 4) is 28.5 Å². The molecular weight excluding hydrogens is 546 g/mol. The Kier molecular flexibility index (Phi) is 7.73. The molecule has 2 heterocycles. The van der Waals surface area contributed by atoms with Crippen LogP contribution >= 0.6 is 23.8 Å². The smallest absolute Gasteiger partial charge is 0.250 e. The first-order chi connectivity index (χ1) is 19.2. The number of phenolic OH excluding ortho intramolecular Hbond substituents is 1. The van der Waals surface area contributed by atoms with Crippen molar-refractivity contribution in [1.29, 1.82) is 0 Å². The van der Waals surface area contributed by atoms with Crippen LogP contribution in [0.2, 0.25) is 5.02 Å². The summed E-state index contributed by atoms with van der Waals surface area (Å²) in [5.41, 5.74) is 5.28. The summed E-state index contributed by atoms with van der Waals surface area (Å²) in [4.78, 5) is 16.9. The molecule has 0 unspecified atom stereocenters. The third-order valence-electron chi connectivity index (χ3n) is 6.28. The lowest BCUT2D eigenvalue weighted by Gasteiger charge is -2.09. The molecule has 202 valence electrons. The number of thiocarbonyl (C=S) groups is 1. The van der Waals surface area contributed by atoms with E-state index in [0.29, 0.717) is 45.2 Å². The number of nitrogens with one attached hydrogen (secondary N) is 2. The standard InChI is InChI=1S/C31H26ClN3O4S/c1-17(2)19-6-11-28-25(15-19)34-30(39-28)23-10-7-21(16-26(23)36)33-31(40)35-29(37)13-9-22-8-12-27(38-22)20-5-4-18(3)24(32)14-20/h4-17,36H,1-3H3,(H2,33,35,37,40)/b13-9+. The van der Waals surface area contributed by atoms with Crippen LogP contribution in [0.4, 0.5) is 5.69 Å². The van der Waals surface area contributed by atoms with Crippen molar-refractivity contribution in [3.63, 3.8) is 0 Å². The Bertz CT molecular complexity index is 1770. The lowest BCUT2D eigenvalue weighted by Crippen LogP contribution is -2.32. The molecule has 0 fully saturated rings. The molecule has 0 saturated heterocycles. The topological polar surface area (TPSA) is 101 Å². The fourth-order valence-electron chi connectivity index (χ4n) is 4.03. The van der Waals surface area contributed by atoms with Gasteiger partial charge in [0.25, 0.3) is 0 Å². The van der Waals surface area contributed by atoms with Crippen LogP contribution in [0.1, 0.15) is 36.7 Å². The second-order valence-electron chi connectivity index (χ2n) is 9.58. The average molecular weight is 572 g/mol. The van der Waals surface area contributed by atoms with E-state index in [0.717, 1.165) is 22.2 Å². The molecule has 7 nitrogen and oxygen atoms in total. The van der Waals surface area contributed by atoms with Crippen molar-refractivity contribution in [2.75, 3.05) is 5.32 Å². The molecule has 0 aliphatic rings. The zero-order chi connectivity index (χ0) is 28.4. The first kappa shape index (κ1) is 27.2. The highest BCUT2D eigenvalue weighted by Crippen LogP contribution is 2.34. The van der Waals surface area contributed by atoms with Gasteiger partial charge >= 0.3 is 0 Å². The van der Waals surface area contributed by atoms with E-state index >= 15 is 0 Å². The molecule has 2 aromatic heterocycles. The lowest BCUT2D eigenvalue weighted by atomic mass is 10.0. The third kappa shape index (κ3) is 6.09. The molecule has 0 aliphatic carbocycles. The minimum absolute atomic E-state index is 0.0434.